The molecule has 3 atom stereocenters. The summed E-state index contributed by atoms with van der Waals surface area (Å²) in [6.07, 6.45) is 3.75. The van der Waals surface area contributed by atoms with Gasteiger partial charge in [-0.05, 0) is 51.7 Å². The minimum atomic E-state index is -0.639. The molecule has 11 heteroatoms. The van der Waals surface area contributed by atoms with Crippen molar-refractivity contribution in [1.82, 2.24) is 20.3 Å². The van der Waals surface area contributed by atoms with Gasteiger partial charge in [0.05, 0.1) is 23.3 Å². The highest BCUT2D eigenvalue weighted by molar-refractivity contribution is 7.07. The predicted octanol–water partition coefficient (Wildman–Crippen LogP) is 4.94. The number of aromatic nitrogens is 3. The van der Waals surface area contributed by atoms with Crippen molar-refractivity contribution in [2.75, 3.05) is 10.6 Å². The van der Waals surface area contributed by atoms with E-state index in [9.17, 15) is 9.59 Å². The summed E-state index contributed by atoms with van der Waals surface area (Å²) < 4.78 is 5.46. The molecule has 37 heavy (non-hydrogen) atoms. The van der Waals surface area contributed by atoms with Crippen LogP contribution in [-0.2, 0) is 4.74 Å². The van der Waals surface area contributed by atoms with Crippen LogP contribution in [0.3, 0.4) is 0 Å². The summed E-state index contributed by atoms with van der Waals surface area (Å²) >= 11 is 1.52. The SMILES string of the molecule is CC1CCC[C@H](NC(=O)OC(C)(C)C)[C@@H]1Nc1ncc(C(N)=O)c(Nc2cccc(-c3cscn3)c2)n1. The number of primary amides is 1. The third-order valence-corrected chi connectivity index (χ3v) is 6.71. The number of rotatable bonds is 7. The molecular weight excluding hydrogens is 490 g/mol. The van der Waals surface area contributed by atoms with Crippen LogP contribution in [0.15, 0.2) is 41.4 Å². The molecule has 4 rings (SSSR count). The summed E-state index contributed by atoms with van der Waals surface area (Å²) in [5, 5.41) is 11.6. The number of hydrogen-bond acceptors (Lipinski definition) is 9. The van der Waals surface area contributed by atoms with Gasteiger partial charge >= 0.3 is 6.09 Å². The Morgan fingerprint density at radius 3 is 2.70 bits per heavy atom. The van der Waals surface area contributed by atoms with Gasteiger partial charge in [0.2, 0.25) is 5.95 Å². The quantitative estimate of drug-likeness (QED) is 0.341. The molecule has 1 saturated carbocycles. The number of ether oxygens (including phenoxy) is 1. The van der Waals surface area contributed by atoms with Crippen molar-refractivity contribution in [3.63, 3.8) is 0 Å². The Bertz CT molecular complexity index is 1240. The lowest BCUT2D eigenvalue weighted by Crippen LogP contribution is -2.53. The first-order valence-electron chi connectivity index (χ1n) is 12.3. The fourth-order valence-corrected chi connectivity index (χ4v) is 4.96. The van der Waals surface area contributed by atoms with Crippen molar-refractivity contribution in [1.29, 1.82) is 0 Å². The number of anilines is 3. The van der Waals surface area contributed by atoms with E-state index in [1.54, 1.807) is 5.51 Å². The number of amides is 2. The topological polar surface area (TPSA) is 144 Å². The van der Waals surface area contributed by atoms with E-state index in [0.29, 0.717) is 11.8 Å². The Morgan fingerprint density at radius 2 is 2.00 bits per heavy atom. The number of benzene rings is 1. The number of carbonyl (C=O) groups excluding carboxylic acids is 2. The zero-order valence-corrected chi connectivity index (χ0v) is 22.3. The molecule has 2 heterocycles. The maximum atomic E-state index is 12.5. The summed E-state index contributed by atoms with van der Waals surface area (Å²) in [6.45, 7) is 7.63. The minimum Gasteiger partial charge on any atom is -0.444 e. The Labute approximate surface area is 220 Å². The molecule has 10 nitrogen and oxygen atoms in total. The molecule has 1 aliphatic carbocycles. The lowest BCUT2D eigenvalue weighted by atomic mass is 9.82. The van der Waals surface area contributed by atoms with Crippen LogP contribution >= 0.6 is 11.3 Å². The number of nitrogens with one attached hydrogen (secondary N) is 3. The van der Waals surface area contributed by atoms with E-state index < -0.39 is 17.6 Å². The van der Waals surface area contributed by atoms with Gasteiger partial charge in [-0.15, -0.1) is 11.3 Å². The van der Waals surface area contributed by atoms with Gasteiger partial charge in [-0.1, -0.05) is 25.5 Å². The van der Waals surface area contributed by atoms with Gasteiger partial charge < -0.3 is 26.4 Å². The highest BCUT2D eigenvalue weighted by atomic mass is 32.1. The largest absolute Gasteiger partial charge is 0.444 e. The molecule has 5 N–H and O–H groups in total. The first-order chi connectivity index (χ1) is 17.6. The second kappa shape index (κ2) is 11.1. The van der Waals surface area contributed by atoms with Crippen molar-refractivity contribution in [3.8, 4) is 11.3 Å². The third-order valence-electron chi connectivity index (χ3n) is 6.13. The van der Waals surface area contributed by atoms with E-state index in [1.165, 1.54) is 17.5 Å². The Kier molecular flexibility index (Phi) is 7.91. The summed E-state index contributed by atoms with van der Waals surface area (Å²) in [5.41, 5.74) is 9.50. The van der Waals surface area contributed by atoms with Crippen molar-refractivity contribution in [3.05, 3.63) is 46.9 Å². The monoisotopic (exact) mass is 523 g/mol. The van der Waals surface area contributed by atoms with Crippen molar-refractivity contribution in [2.45, 2.75) is 64.6 Å². The lowest BCUT2D eigenvalue weighted by molar-refractivity contribution is 0.0479. The normalized spacial score (nSPS) is 19.6. The second-order valence-electron chi connectivity index (χ2n) is 10.2. The van der Waals surface area contributed by atoms with E-state index in [2.05, 4.69) is 37.8 Å². The molecule has 1 aliphatic rings. The van der Waals surface area contributed by atoms with E-state index in [4.69, 9.17) is 10.5 Å². The number of nitrogens with zero attached hydrogens (tertiary/aromatic N) is 3. The minimum absolute atomic E-state index is 0.124. The fraction of sp³-hybridized carbons (Fsp3) is 0.423. The zero-order valence-electron chi connectivity index (χ0n) is 21.4. The fourth-order valence-electron chi connectivity index (χ4n) is 4.40. The molecule has 0 radical (unpaired) electrons. The Morgan fingerprint density at radius 1 is 1.19 bits per heavy atom. The number of nitrogens with two attached hydrogens (primary N) is 1. The van der Waals surface area contributed by atoms with Crippen LogP contribution in [0.1, 0.15) is 57.3 Å². The average molecular weight is 524 g/mol. The van der Waals surface area contributed by atoms with E-state index in [-0.39, 0.29) is 23.6 Å². The van der Waals surface area contributed by atoms with Crippen molar-refractivity contribution in [2.24, 2.45) is 11.7 Å². The van der Waals surface area contributed by atoms with Crippen LogP contribution in [0.2, 0.25) is 0 Å². The summed E-state index contributed by atoms with van der Waals surface area (Å²) in [4.78, 5) is 37.9. The first-order valence-corrected chi connectivity index (χ1v) is 13.2. The van der Waals surface area contributed by atoms with Gasteiger partial charge in [-0.25, -0.2) is 14.8 Å². The van der Waals surface area contributed by atoms with E-state index >= 15 is 0 Å². The number of hydrogen-bond donors (Lipinski definition) is 4. The van der Waals surface area contributed by atoms with Crippen LogP contribution < -0.4 is 21.7 Å². The molecule has 2 amide bonds. The average Bonchev–Trinajstić information content (AvgIpc) is 3.35. The molecule has 196 valence electrons. The Hall–Kier alpha value is -3.73. The molecule has 0 spiro atoms. The number of alkyl carbamates (subject to hydrolysis) is 1. The van der Waals surface area contributed by atoms with Gasteiger partial charge in [0.25, 0.3) is 5.91 Å². The van der Waals surface area contributed by atoms with Crippen LogP contribution in [0.25, 0.3) is 11.3 Å². The van der Waals surface area contributed by atoms with Crippen LogP contribution in [-0.4, -0.2) is 44.6 Å². The van der Waals surface area contributed by atoms with Crippen molar-refractivity contribution >= 4 is 40.8 Å². The van der Waals surface area contributed by atoms with Gasteiger partial charge in [0, 0.05) is 22.8 Å². The highest BCUT2D eigenvalue weighted by Crippen LogP contribution is 2.29. The number of thiazole rings is 1. The van der Waals surface area contributed by atoms with Crippen LogP contribution in [0, 0.1) is 5.92 Å². The van der Waals surface area contributed by atoms with Gasteiger partial charge in [0.15, 0.2) is 0 Å². The first kappa shape index (κ1) is 26.3. The number of carbonyl (C=O) groups is 2. The third kappa shape index (κ3) is 6.94. The summed E-state index contributed by atoms with van der Waals surface area (Å²) in [7, 11) is 0. The summed E-state index contributed by atoms with van der Waals surface area (Å²) in [6, 6.07) is 7.38. The van der Waals surface area contributed by atoms with E-state index in [0.717, 1.165) is 36.2 Å². The maximum Gasteiger partial charge on any atom is 0.407 e. The van der Waals surface area contributed by atoms with E-state index in [1.807, 2.05) is 50.4 Å². The standard InChI is InChI=1S/C26H33N7O3S/c1-15-7-5-10-19(31-25(35)36-26(2,3)4)21(15)32-24-28-12-18(22(27)34)23(33-24)30-17-9-6-8-16(11-17)20-13-37-14-29-20/h6,8-9,11-15,19,21H,5,7,10H2,1-4H3,(H2,27,34)(H,31,35)(H2,28,30,32,33)/t15?,19-,21+/m0/s1. The molecule has 1 unspecified atom stereocenters. The molecule has 3 aromatic rings. The van der Waals surface area contributed by atoms with Crippen molar-refractivity contribution < 1.29 is 14.3 Å². The molecule has 0 saturated heterocycles. The predicted molar refractivity (Wildman–Crippen MR) is 145 cm³/mol. The maximum absolute atomic E-state index is 12.5. The Balaban J connectivity index is 1.56. The molecule has 0 bridgehead atoms. The second-order valence-corrected chi connectivity index (χ2v) is 10.9. The molecular formula is C26H33N7O3S. The van der Waals surface area contributed by atoms with Gasteiger partial charge in [-0.3, -0.25) is 4.79 Å². The molecule has 2 aromatic heterocycles. The highest BCUT2D eigenvalue weighted by Gasteiger charge is 2.33. The van der Waals surface area contributed by atoms with Gasteiger partial charge in [0.1, 0.15) is 17.0 Å². The van der Waals surface area contributed by atoms with Gasteiger partial charge in [-0.2, -0.15) is 4.98 Å². The lowest BCUT2D eigenvalue weighted by Gasteiger charge is -2.37. The molecule has 0 aliphatic heterocycles. The zero-order chi connectivity index (χ0) is 26.6. The van der Waals surface area contributed by atoms with Crippen LogP contribution in [0.5, 0.6) is 0 Å². The summed E-state index contributed by atoms with van der Waals surface area (Å²) in [5.74, 6) is 0.234. The molecule has 1 fully saturated rings. The smallest absolute Gasteiger partial charge is 0.407 e. The molecule has 1 aromatic carbocycles. The van der Waals surface area contributed by atoms with Crippen LogP contribution in [0.4, 0.5) is 22.2 Å².